The molecule has 5 nitrogen and oxygen atoms in total. The van der Waals surface area contributed by atoms with Gasteiger partial charge >= 0.3 is 0 Å². The first-order valence-corrected chi connectivity index (χ1v) is 6.73. The van der Waals surface area contributed by atoms with Crippen LogP contribution < -0.4 is 5.32 Å². The second-order valence-electron chi connectivity index (χ2n) is 4.95. The van der Waals surface area contributed by atoms with Crippen LogP contribution in [0.1, 0.15) is 25.3 Å². The number of nitrogens with one attached hydrogen (secondary N) is 1. The smallest absolute Gasteiger partial charge is 0.249 e. The van der Waals surface area contributed by atoms with Crippen LogP contribution in [0.25, 0.3) is 0 Å². The van der Waals surface area contributed by atoms with Crippen LogP contribution in [0.4, 0.5) is 0 Å². The number of rotatable bonds is 3. The summed E-state index contributed by atoms with van der Waals surface area (Å²) in [5.74, 6) is -0.839. The van der Waals surface area contributed by atoms with Crippen molar-refractivity contribution in [2.75, 3.05) is 6.54 Å². The Morgan fingerprint density at radius 2 is 1.95 bits per heavy atom. The number of amides is 3. The fourth-order valence-electron chi connectivity index (χ4n) is 2.46. The number of carbonyl (C=O) groups is 3. The van der Waals surface area contributed by atoms with Crippen LogP contribution >= 0.6 is 0 Å². The molecule has 0 bridgehead atoms. The molecule has 1 aliphatic rings. The molecule has 1 aromatic carbocycles. The summed E-state index contributed by atoms with van der Waals surface area (Å²) in [6.07, 6.45) is 1.58. The van der Waals surface area contributed by atoms with Crippen molar-refractivity contribution in [3.05, 3.63) is 35.9 Å². The number of hydrogen-bond acceptors (Lipinski definition) is 3. The van der Waals surface area contributed by atoms with E-state index in [1.165, 1.54) is 11.8 Å². The van der Waals surface area contributed by atoms with E-state index < -0.39 is 6.04 Å². The maximum atomic E-state index is 12.0. The molecule has 0 radical (unpaired) electrons. The van der Waals surface area contributed by atoms with E-state index in [0.29, 0.717) is 13.0 Å². The van der Waals surface area contributed by atoms with E-state index in [-0.39, 0.29) is 24.1 Å². The van der Waals surface area contributed by atoms with Crippen LogP contribution in [-0.2, 0) is 20.8 Å². The minimum Gasteiger partial charge on any atom is -0.331 e. The number of benzene rings is 1. The Morgan fingerprint density at radius 1 is 1.25 bits per heavy atom. The highest BCUT2D eigenvalue weighted by atomic mass is 16.2. The van der Waals surface area contributed by atoms with Crippen molar-refractivity contribution in [2.45, 2.75) is 32.2 Å². The Balaban J connectivity index is 1.91. The Bertz CT molecular complexity index is 513. The number of hydrogen-bond donors (Lipinski definition) is 1. The van der Waals surface area contributed by atoms with E-state index in [2.05, 4.69) is 5.32 Å². The number of nitrogens with zero attached hydrogens (tertiary/aromatic N) is 1. The molecule has 1 atom stereocenters. The minimum absolute atomic E-state index is 0.127. The van der Waals surface area contributed by atoms with Gasteiger partial charge < -0.3 is 4.90 Å². The van der Waals surface area contributed by atoms with Gasteiger partial charge in [0.25, 0.3) is 0 Å². The molecular weight excluding hydrogens is 256 g/mol. The van der Waals surface area contributed by atoms with E-state index in [0.717, 1.165) is 12.0 Å². The van der Waals surface area contributed by atoms with E-state index >= 15 is 0 Å². The van der Waals surface area contributed by atoms with Crippen molar-refractivity contribution in [3.63, 3.8) is 0 Å². The molecular formula is C15H18N2O3. The van der Waals surface area contributed by atoms with E-state index in [4.69, 9.17) is 0 Å². The third-order valence-corrected chi connectivity index (χ3v) is 3.43. The van der Waals surface area contributed by atoms with Crippen molar-refractivity contribution in [1.82, 2.24) is 10.2 Å². The summed E-state index contributed by atoms with van der Waals surface area (Å²) in [6, 6.07) is 8.73. The molecule has 1 aliphatic heterocycles. The Hall–Kier alpha value is -2.17. The second-order valence-corrected chi connectivity index (χ2v) is 4.95. The molecule has 1 aromatic rings. The Morgan fingerprint density at radius 3 is 2.60 bits per heavy atom. The van der Waals surface area contributed by atoms with Crippen LogP contribution in [0, 0.1) is 0 Å². The first kappa shape index (κ1) is 14.2. The highest BCUT2D eigenvalue weighted by molar-refractivity contribution is 5.99. The molecule has 0 aromatic heterocycles. The van der Waals surface area contributed by atoms with Gasteiger partial charge in [0.05, 0.1) is 6.42 Å². The van der Waals surface area contributed by atoms with Gasteiger partial charge in [0.1, 0.15) is 6.04 Å². The third kappa shape index (κ3) is 3.44. The topological polar surface area (TPSA) is 66.5 Å². The lowest BCUT2D eigenvalue weighted by Crippen LogP contribution is -2.47. The average Bonchev–Trinajstić information content (AvgIpc) is 2.89. The van der Waals surface area contributed by atoms with Crippen molar-refractivity contribution in [1.29, 1.82) is 0 Å². The predicted octanol–water partition coefficient (Wildman–Crippen LogP) is 0.883. The Kier molecular flexibility index (Phi) is 4.50. The maximum absolute atomic E-state index is 12.0. The molecule has 0 unspecified atom stereocenters. The Labute approximate surface area is 118 Å². The number of likely N-dealkylation sites (tertiary alicyclic amines) is 1. The lowest BCUT2D eigenvalue weighted by molar-refractivity contribution is -0.139. The maximum Gasteiger partial charge on any atom is 0.249 e. The quantitative estimate of drug-likeness (QED) is 0.890. The van der Waals surface area contributed by atoms with Crippen LogP contribution in [0.15, 0.2) is 30.3 Å². The molecule has 1 heterocycles. The van der Waals surface area contributed by atoms with E-state index in [9.17, 15) is 14.4 Å². The van der Waals surface area contributed by atoms with E-state index in [1.54, 1.807) is 0 Å². The van der Waals surface area contributed by atoms with Crippen molar-refractivity contribution >= 4 is 17.7 Å². The lowest BCUT2D eigenvalue weighted by Gasteiger charge is -2.21. The molecule has 0 spiro atoms. The van der Waals surface area contributed by atoms with E-state index in [1.807, 2.05) is 30.3 Å². The standard InChI is InChI=1S/C15H18N2O3/c1-11(18)17-9-5-8-13(17)15(20)16-14(19)10-12-6-3-2-4-7-12/h2-4,6-7,13H,5,8-10H2,1H3,(H,16,19,20)/t13-/m1/s1. The summed E-state index contributed by atoms with van der Waals surface area (Å²) in [4.78, 5) is 36.8. The van der Waals surface area contributed by atoms with Gasteiger partial charge in [-0.25, -0.2) is 0 Å². The van der Waals surface area contributed by atoms with Crippen molar-refractivity contribution in [2.24, 2.45) is 0 Å². The van der Waals surface area contributed by atoms with Crippen molar-refractivity contribution in [3.8, 4) is 0 Å². The van der Waals surface area contributed by atoms with Gasteiger partial charge in [0, 0.05) is 13.5 Å². The molecule has 0 aliphatic carbocycles. The highest BCUT2D eigenvalue weighted by Gasteiger charge is 2.32. The minimum atomic E-state index is -0.507. The number of imide groups is 1. The largest absolute Gasteiger partial charge is 0.331 e. The first-order chi connectivity index (χ1) is 9.58. The lowest BCUT2D eigenvalue weighted by atomic mass is 10.1. The second kappa shape index (κ2) is 6.32. The normalized spacial score (nSPS) is 17.9. The van der Waals surface area contributed by atoms with Crippen LogP contribution in [0.3, 0.4) is 0 Å². The predicted molar refractivity (Wildman–Crippen MR) is 73.7 cm³/mol. The molecule has 5 heteroatoms. The van der Waals surface area contributed by atoms with Crippen molar-refractivity contribution < 1.29 is 14.4 Å². The van der Waals surface area contributed by atoms with Gasteiger partial charge in [-0.1, -0.05) is 30.3 Å². The fourth-order valence-corrected chi connectivity index (χ4v) is 2.46. The monoisotopic (exact) mass is 274 g/mol. The van der Waals surface area contributed by atoms with Gasteiger partial charge in [-0.2, -0.15) is 0 Å². The van der Waals surface area contributed by atoms with Crippen LogP contribution in [0.2, 0.25) is 0 Å². The van der Waals surface area contributed by atoms with Crippen LogP contribution in [0.5, 0.6) is 0 Å². The summed E-state index contributed by atoms with van der Waals surface area (Å²) in [7, 11) is 0. The zero-order valence-electron chi connectivity index (χ0n) is 11.5. The highest BCUT2D eigenvalue weighted by Crippen LogP contribution is 2.17. The summed E-state index contributed by atoms with van der Waals surface area (Å²) >= 11 is 0. The number of carbonyl (C=O) groups excluding carboxylic acids is 3. The fraction of sp³-hybridized carbons (Fsp3) is 0.400. The van der Waals surface area contributed by atoms with Gasteiger partial charge in [-0.05, 0) is 18.4 Å². The molecule has 20 heavy (non-hydrogen) atoms. The summed E-state index contributed by atoms with van der Waals surface area (Å²) in [6.45, 7) is 2.03. The molecule has 3 amide bonds. The van der Waals surface area contributed by atoms with Gasteiger partial charge in [-0.15, -0.1) is 0 Å². The zero-order chi connectivity index (χ0) is 14.5. The molecule has 1 fully saturated rings. The summed E-state index contributed by atoms with van der Waals surface area (Å²) in [5, 5.41) is 2.38. The average molecular weight is 274 g/mol. The van der Waals surface area contributed by atoms with Gasteiger partial charge in [-0.3, -0.25) is 19.7 Å². The SMILES string of the molecule is CC(=O)N1CCC[C@@H]1C(=O)NC(=O)Cc1ccccc1. The third-order valence-electron chi connectivity index (χ3n) is 3.43. The first-order valence-electron chi connectivity index (χ1n) is 6.73. The molecule has 1 saturated heterocycles. The van der Waals surface area contributed by atoms with Gasteiger partial charge in [0.2, 0.25) is 17.7 Å². The summed E-state index contributed by atoms with van der Waals surface area (Å²) < 4.78 is 0. The molecule has 2 rings (SSSR count). The van der Waals surface area contributed by atoms with Crippen LogP contribution in [-0.4, -0.2) is 35.2 Å². The zero-order valence-corrected chi connectivity index (χ0v) is 11.5. The summed E-state index contributed by atoms with van der Waals surface area (Å²) in [5.41, 5.74) is 0.854. The van der Waals surface area contributed by atoms with Gasteiger partial charge in [0.15, 0.2) is 0 Å². The molecule has 106 valence electrons. The molecule has 1 N–H and O–H groups in total. The molecule has 0 saturated carbocycles.